The van der Waals surface area contributed by atoms with Crippen molar-refractivity contribution < 1.29 is 23.8 Å². The molecule has 1 aliphatic rings. The highest BCUT2D eigenvalue weighted by Gasteiger charge is 2.25. The molecule has 1 aromatic rings. The van der Waals surface area contributed by atoms with E-state index < -0.39 is 23.1 Å². The lowest BCUT2D eigenvalue weighted by Crippen LogP contribution is -2.15. The minimum Gasteiger partial charge on any atom is -0.493 e. The molecule has 0 fully saturated rings. The van der Waals surface area contributed by atoms with E-state index in [0.717, 1.165) is 6.07 Å². The third kappa shape index (κ3) is 1.45. The van der Waals surface area contributed by atoms with Gasteiger partial charge in [0.15, 0.2) is 0 Å². The molecule has 0 bridgehead atoms. The molecule has 5 heteroatoms. The first-order chi connectivity index (χ1) is 7.11. The summed E-state index contributed by atoms with van der Waals surface area (Å²) in [4.78, 5) is 21.5. The van der Waals surface area contributed by atoms with Crippen LogP contribution in [-0.4, -0.2) is 23.5 Å². The standard InChI is InChI=1S/C10H7FO4/c11-8-5-3-4-15-7(5)2-1-6(8)9(12)10(13)14/h1-2H,3-4H2,(H,13,14). The summed E-state index contributed by atoms with van der Waals surface area (Å²) in [6.07, 6.45) is 0.363. The number of hydrogen-bond donors (Lipinski definition) is 1. The predicted octanol–water partition coefficient (Wildman–Crippen LogP) is 1.03. The number of benzene rings is 1. The van der Waals surface area contributed by atoms with Gasteiger partial charge >= 0.3 is 5.97 Å². The lowest BCUT2D eigenvalue weighted by atomic mass is 10.0. The molecule has 0 radical (unpaired) electrons. The van der Waals surface area contributed by atoms with Crippen LogP contribution in [0, 0.1) is 5.82 Å². The molecule has 0 aliphatic carbocycles. The van der Waals surface area contributed by atoms with Crippen LogP contribution >= 0.6 is 0 Å². The second kappa shape index (κ2) is 3.34. The minimum atomic E-state index is -1.66. The summed E-state index contributed by atoms with van der Waals surface area (Å²) in [6, 6.07) is 2.55. The summed E-state index contributed by atoms with van der Waals surface area (Å²) < 4.78 is 18.7. The van der Waals surface area contributed by atoms with Gasteiger partial charge in [-0.15, -0.1) is 0 Å². The number of fused-ring (bicyclic) bond motifs is 1. The van der Waals surface area contributed by atoms with Crippen LogP contribution in [0.25, 0.3) is 0 Å². The lowest BCUT2D eigenvalue weighted by Gasteiger charge is -2.03. The van der Waals surface area contributed by atoms with E-state index in [9.17, 15) is 14.0 Å². The molecular formula is C10H7FO4. The van der Waals surface area contributed by atoms with Gasteiger partial charge in [0.05, 0.1) is 12.2 Å². The Bertz CT molecular complexity index is 453. The average molecular weight is 210 g/mol. The molecule has 1 N–H and O–H groups in total. The molecule has 0 atom stereocenters. The SMILES string of the molecule is O=C(O)C(=O)c1ccc2c(c1F)CCO2. The maximum absolute atomic E-state index is 13.6. The second-order valence-corrected chi connectivity index (χ2v) is 3.14. The fourth-order valence-electron chi connectivity index (χ4n) is 1.53. The van der Waals surface area contributed by atoms with Gasteiger partial charge in [0.1, 0.15) is 11.6 Å². The average Bonchev–Trinajstić information content (AvgIpc) is 2.66. The van der Waals surface area contributed by atoms with Crippen LogP contribution in [0.5, 0.6) is 5.75 Å². The molecular weight excluding hydrogens is 203 g/mol. The molecule has 2 rings (SSSR count). The Balaban J connectivity index is 2.51. The van der Waals surface area contributed by atoms with Crippen LogP contribution < -0.4 is 4.74 Å². The number of carbonyl (C=O) groups is 2. The molecule has 0 unspecified atom stereocenters. The zero-order chi connectivity index (χ0) is 11.0. The van der Waals surface area contributed by atoms with E-state index in [1.54, 1.807) is 0 Å². The van der Waals surface area contributed by atoms with Crippen LogP contribution in [0.1, 0.15) is 15.9 Å². The number of carboxylic acids is 1. The molecule has 4 nitrogen and oxygen atoms in total. The number of ether oxygens (including phenoxy) is 1. The largest absolute Gasteiger partial charge is 0.493 e. The molecule has 0 amide bonds. The summed E-state index contributed by atoms with van der Waals surface area (Å²) in [6.45, 7) is 0.358. The van der Waals surface area contributed by atoms with Gasteiger partial charge in [-0.25, -0.2) is 9.18 Å². The number of carboxylic acid groups (broad SMARTS) is 1. The van der Waals surface area contributed by atoms with E-state index >= 15 is 0 Å². The fraction of sp³-hybridized carbons (Fsp3) is 0.200. The first-order valence-electron chi connectivity index (χ1n) is 4.33. The zero-order valence-corrected chi connectivity index (χ0v) is 7.62. The topological polar surface area (TPSA) is 63.6 Å². The highest BCUT2D eigenvalue weighted by Crippen LogP contribution is 2.29. The Morgan fingerprint density at radius 1 is 1.40 bits per heavy atom. The molecule has 0 aromatic heterocycles. The van der Waals surface area contributed by atoms with Gasteiger partial charge in [0.2, 0.25) is 0 Å². The first kappa shape index (κ1) is 9.64. The number of halogens is 1. The normalized spacial score (nSPS) is 13.1. The number of ketones is 1. The van der Waals surface area contributed by atoms with Crippen molar-refractivity contribution in [2.45, 2.75) is 6.42 Å². The first-order valence-corrected chi connectivity index (χ1v) is 4.33. The van der Waals surface area contributed by atoms with Crippen molar-refractivity contribution in [1.82, 2.24) is 0 Å². The summed E-state index contributed by atoms with van der Waals surface area (Å²) in [5, 5.41) is 8.46. The number of rotatable bonds is 2. The van der Waals surface area contributed by atoms with Gasteiger partial charge in [0, 0.05) is 12.0 Å². The maximum atomic E-state index is 13.6. The predicted molar refractivity (Wildman–Crippen MR) is 47.6 cm³/mol. The van der Waals surface area contributed by atoms with E-state index in [2.05, 4.69) is 0 Å². The second-order valence-electron chi connectivity index (χ2n) is 3.14. The molecule has 1 aliphatic heterocycles. The Hall–Kier alpha value is -1.91. The molecule has 0 saturated heterocycles. The smallest absolute Gasteiger partial charge is 0.377 e. The van der Waals surface area contributed by atoms with Crippen molar-refractivity contribution in [1.29, 1.82) is 0 Å². The van der Waals surface area contributed by atoms with Crippen LogP contribution in [0.3, 0.4) is 0 Å². The van der Waals surface area contributed by atoms with Gasteiger partial charge in [-0.2, -0.15) is 0 Å². The zero-order valence-electron chi connectivity index (χ0n) is 7.62. The Labute approximate surface area is 84.3 Å². The minimum absolute atomic E-state index is 0.280. The molecule has 0 saturated carbocycles. The van der Waals surface area contributed by atoms with E-state index in [-0.39, 0.29) is 5.56 Å². The van der Waals surface area contributed by atoms with Crippen LogP contribution in [0.15, 0.2) is 12.1 Å². The van der Waals surface area contributed by atoms with Gasteiger partial charge in [-0.05, 0) is 12.1 Å². The third-order valence-electron chi connectivity index (χ3n) is 2.25. The molecule has 0 spiro atoms. The fourth-order valence-corrected chi connectivity index (χ4v) is 1.53. The summed E-state index contributed by atoms with van der Waals surface area (Å²) in [5.74, 6) is -3.29. The van der Waals surface area contributed by atoms with Crippen molar-refractivity contribution in [3.63, 3.8) is 0 Å². The lowest BCUT2D eigenvalue weighted by molar-refractivity contribution is -0.131. The van der Waals surface area contributed by atoms with Crippen molar-refractivity contribution in [2.75, 3.05) is 6.61 Å². The Morgan fingerprint density at radius 2 is 2.13 bits per heavy atom. The van der Waals surface area contributed by atoms with Gasteiger partial charge in [-0.1, -0.05) is 0 Å². The molecule has 15 heavy (non-hydrogen) atoms. The Kier molecular flexibility index (Phi) is 2.15. The van der Waals surface area contributed by atoms with Crippen molar-refractivity contribution in [2.24, 2.45) is 0 Å². The van der Waals surface area contributed by atoms with Crippen LogP contribution in [0.2, 0.25) is 0 Å². The summed E-state index contributed by atoms with van der Waals surface area (Å²) in [7, 11) is 0. The van der Waals surface area contributed by atoms with E-state index in [0.29, 0.717) is 18.8 Å². The number of carbonyl (C=O) groups excluding carboxylic acids is 1. The molecule has 1 aromatic carbocycles. The summed E-state index contributed by atoms with van der Waals surface area (Å²) >= 11 is 0. The number of hydrogen-bond acceptors (Lipinski definition) is 3. The van der Waals surface area contributed by atoms with E-state index in [1.807, 2.05) is 0 Å². The van der Waals surface area contributed by atoms with Gasteiger partial charge in [-0.3, -0.25) is 4.79 Å². The highest BCUT2D eigenvalue weighted by molar-refractivity contribution is 6.39. The van der Waals surface area contributed by atoms with Crippen molar-refractivity contribution in [3.05, 3.63) is 29.1 Å². The van der Waals surface area contributed by atoms with Crippen LogP contribution in [-0.2, 0) is 11.2 Å². The molecule has 1 heterocycles. The summed E-state index contributed by atoms with van der Waals surface area (Å²) in [5.41, 5.74) is -0.131. The van der Waals surface area contributed by atoms with Gasteiger partial charge in [0.25, 0.3) is 5.78 Å². The van der Waals surface area contributed by atoms with Crippen molar-refractivity contribution >= 4 is 11.8 Å². The van der Waals surface area contributed by atoms with E-state index in [1.165, 1.54) is 6.07 Å². The number of Topliss-reactive ketones (excluding diaryl/α,β-unsaturated/α-hetero) is 1. The third-order valence-corrected chi connectivity index (χ3v) is 2.25. The van der Waals surface area contributed by atoms with E-state index in [4.69, 9.17) is 9.84 Å². The quantitative estimate of drug-likeness (QED) is 0.584. The van der Waals surface area contributed by atoms with Crippen molar-refractivity contribution in [3.8, 4) is 5.75 Å². The maximum Gasteiger partial charge on any atom is 0.377 e. The van der Waals surface area contributed by atoms with Gasteiger partial charge < -0.3 is 9.84 Å². The Morgan fingerprint density at radius 3 is 2.80 bits per heavy atom. The number of aliphatic carboxylic acids is 1. The molecule has 78 valence electrons. The van der Waals surface area contributed by atoms with Crippen LogP contribution in [0.4, 0.5) is 4.39 Å². The monoisotopic (exact) mass is 210 g/mol. The highest BCUT2D eigenvalue weighted by atomic mass is 19.1.